The normalized spacial score (nSPS) is 16.1. The van der Waals surface area contributed by atoms with E-state index in [0.29, 0.717) is 6.54 Å². The average Bonchev–Trinajstić information content (AvgIpc) is 2.65. The van der Waals surface area contributed by atoms with E-state index in [0.717, 1.165) is 51.0 Å². The van der Waals surface area contributed by atoms with Gasteiger partial charge in [0.25, 0.3) is 0 Å². The Labute approximate surface area is 185 Å². The van der Waals surface area contributed by atoms with Crippen LogP contribution >= 0.6 is 24.0 Å². The Balaban J connectivity index is 0.00000392. The van der Waals surface area contributed by atoms with Crippen molar-refractivity contribution in [1.29, 1.82) is 0 Å². The van der Waals surface area contributed by atoms with Gasteiger partial charge in [0, 0.05) is 53.2 Å². The first-order chi connectivity index (χ1) is 13.0. The Kier molecular flexibility index (Phi) is 11.2. The molecule has 1 aliphatic heterocycles. The summed E-state index contributed by atoms with van der Waals surface area (Å²) in [6.07, 6.45) is 0.0324. The van der Waals surface area contributed by atoms with Crippen LogP contribution in [0.4, 0.5) is 0 Å². The molecule has 2 N–H and O–H groups in total. The molecule has 1 amide bonds. The second kappa shape index (κ2) is 12.8. The molecule has 0 saturated carbocycles. The lowest BCUT2D eigenvalue weighted by Crippen LogP contribution is -2.50. The van der Waals surface area contributed by atoms with Crippen LogP contribution in [0.3, 0.4) is 0 Å². The molecule has 1 heterocycles. The maximum Gasteiger partial charge on any atom is 0.219 e. The first kappa shape index (κ1) is 24.5. The zero-order valence-corrected chi connectivity index (χ0v) is 19.7. The zero-order valence-electron chi connectivity index (χ0n) is 17.4. The molecule has 0 aliphatic carbocycles. The highest BCUT2D eigenvalue weighted by atomic mass is 127. The molecule has 158 valence electrons. The molecular weight excluding hydrogens is 469 g/mol. The number of guanidine groups is 1. The molecule has 1 unspecified atom stereocenters. The summed E-state index contributed by atoms with van der Waals surface area (Å²) in [5.41, 5.74) is 1.19. The number of nitrogens with zero attached hydrogens (tertiary/aromatic N) is 3. The maximum atomic E-state index is 11.4. The maximum absolute atomic E-state index is 11.4. The van der Waals surface area contributed by atoms with Gasteiger partial charge in [0.2, 0.25) is 5.91 Å². The van der Waals surface area contributed by atoms with E-state index in [4.69, 9.17) is 4.74 Å². The summed E-state index contributed by atoms with van der Waals surface area (Å²) in [6.45, 7) is 11.6. The molecule has 0 aromatic heterocycles. The van der Waals surface area contributed by atoms with Gasteiger partial charge in [-0.3, -0.25) is 14.7 Å². The molecule has 7 nitrogen and oxygen atoms in total. The van der Waals surface area contributed by atoms with Crippen LogP contribution in [0.15, 0.2) is 29.3 Å². The van der Waals surface area contributed by atoms with Crippen LogP contribution in [0.1, 0.15) is 19.4 Å². The third kappa shape index (κ3) is 8.64. The number of hydrogen-bond acceptors (Lipinski definition) is 4. The number of ether oxygens (including phenoxy) is 1. The van der Waals surface area contributed by atoms with Gasteiger partial charge >= 0.3 is 0 Å². The van der Waals surface area contributed by atoms with Crippen molar-refractivity contribution < 1.29 is 9.53 Å². The van der Waals surface area contributed by atoms with Crippen molar-refractivity contribution in [1.82, 2.24) is 20.4 Å². The van der Waals surface area contributed by atoms with Gasteiger partial charge < -0.3 is 20.3 Å². The van der Waals surface area contributed by atoms with Gasteiger partial charge in [-0.2, -0.15) is 0 Å². The van der Waals surface area contributed by atoms with Gasteiger partial charge in [0.05, 0.1) is 6.54 Å². The van der Waals surface area contributed by atoms with Crippen molar-refractivity contribution in [3.63, 3.8) is 0 Å². The number of piperazine rings is 1. The second-order valence-corrected chi connectivity index (χ2v) is 6.97. The van der Waals surface area contributed by atoms with E-state index in [2.05, 4.69) is 33.5 Å². The minimum absolute atomic E-state index is 0. The van der Waals surface area contributed by atoms with Crippen LogP contribution in [0.5, 0.6) is 5.75 Å². The van der Waals surface area contributed by atoms with Crippen molar-refractivity contribution in [3.05, 3.63) is 29.8 Å². The smallest absolute Gasteiger partial charge is 0.219 e. The van der Waals surface area contributed by atoms with Gasteiger partial charge in [0.1, 0.15) is 11.9 Å². The fourth-order valence-corrected chi connectivity index (χ4v) is 3.04. The van der Waals surface area contributed by atoms with E-state index in [1.807, 2.05) is 30.0 Å². The summed E-state index contributed by atoms with van der Waals surface area (Å²) in [6, 6.07) is 8.07. The van der Waals surface area contributed by atoms with Crippen LogP contribution in [0, 0.1) is 6.92 Å². The molecule has 0 bridgehead atoms. The van der Waals surface area contributed by atoms with E-state index in [1.54, 1.807) is 14.0 Å². The fraction of sp³-hybridized carbons (Fsp3) is 0.600. The number of halogens is 1. The number of aryl methyl sites for hydroxylation is 1. The SMILES string of the molecule is CN=C(NCCN1CCN(C(C)=O)CC1)NCC(C)Oc1cccc(C)c1.I. The predicted octanol–water partition coefficient (Wildman–Crippen LogP) is 1.71. The summed E-state index contributed by atoms with van der Waals surface area (Å²) in [7, 11) is 1.77. The van der Waals surface area contributed by atoms with Crippen molar-refractivity contribution in [2.24, 2.45) is 4.99 Å². The molecule has 1 atom stereocenters. The number of rotatable bonds is 7. The molecule has 1 saturated heterocycles. The summed E-state index contributed by atoms with van der Waals surface area (Å²) in [4.78, 5) is 19.9. The van der Waals surface area contributed by atoms with Gasteiger partial charge in [-0.25, -0.2) is 0 Å². The first-order valence-electron chi connectivity index (χ1n) is 9.63. The van der Waals surface area contributed by atoms with Gasteiger partial charge in [-0.15, -0.1) is 24.0 Å². The molecule has 8 heteroatoms. The fourth-order valence-electron chi connectivity index (χ4n) is 3.04. The average molecular weight is 503 g/mol. The van der Waals surface area contributed by atoms with Crippen molar-refractivity contribution >= 4 is 35.8 Å². The first-order valence-corrected chi connectivity index (χ1v) is 9.63. The number of aliphatic imine (C=N–C) groups is 1. The van der Waals surface area contributed by atoms with Crippen LogP contribution in [-0.4, -0.2) is 80.6 Å². The Morgan fingerprint density at radius 3 is 2.57 bits per heavy atom. The molecule has 1 aromatic rings. The number of benzene rings is 1. The van der Waals surface area contributed by atoms with Crippen LogP contribution in [0.25, 0.3) is 0 Å². The van der Waals surface area contributed by atoms with E-state index in [9.17, 15) is 4.79 Å². The molecule has 2 rings (SSSR count). The Morgan fingerprint density at radius 1 is 1.25 bits per heavy atom. The van der Waals surface area contributed by atoms with Crippen molar-refractivity contribution in [2.75, 3.05) is 52.9 Å². The van der Waals surface area contributed by atoms with Crippen LogP contribution in [-0.2, 0) is 4.79 Å². The Morgan fingerprint density at radius 2 is 1.96 bits per heavy atom. The Bertz CT molecular complexity index is 633. The van der Waals surface area contributed by atoms with Gasteiger partial charge in [-0.1, -0.05) is 12.1 Å². The molecule has 0 spiro atoms. The summed E-state index contributed by atoms with van der Waals surface area (Å²) in [5.74, 6) is 1.83. The lowest BCUT2D eigenvalue weighted by molar-refractivity contribution is -0.130. The zero-order chi connectivity index (χ0) is 19.6. The Hall–Kier alpha value is -1.55. The predicted molar refractivity (Wildman–Crippen MR) is 125 cm³/mol. The lowest BCUT2D eigenvalue weighted by atomic mass is 10.2. The molecule has 1 aliphatic rings. The summed E-state index contributed by atoms with van der Waals surface area (Å²) < 4.78 is 5.93. The highest BCUT2D eigenvalue weighted by Crippen LogP contribution is 2.13. The molecule has 28 heavy (non-hydrogen) atoms. The van der Waals surface area contributed by atoms with Crippen LogP contribution in [0.2, 0.25) is 0 Å². The highest BCUT2D eigenvalue weighted by molar-refractivity contribution is 14.0. The van der Waals surface area contributed by atoms with E-state index in [-0.39, 0.29) is 36.0 Å². The van der Waals surface area contributed by atoms with Crippen molar-refractivity contribution in [3.8, 4) is 5.75 Å². The monoisotopic (exact) mass is 503 g/mol. The van der Waals surface area contributed by atoms with E-state index in [1.165, 1.54) is 5.56 Å². The summed E-state index contributed by atoms with van der Waals surface area (Å²) >= 11 is 0. The number of carbonyl (C=O) groups is 1. The summed E-state index contributed by atoms with van der Waals surface area (Å²) in [5, 5.41) is 6.65. The standard InChI is InChI=1S/C20H33N5O2.HI/c1-16-6-5-7-19(14-16)27-17(2)15-23-20(21-4)22-8-9-24-10-12-25(13-11-24)18(3)26;/h5-7,14,17H,8-13,15H2,1-4H3,(H2,21,22,23);1H. The molecular formula is C20H34IN5O2. The third-order valence-corrected chi connectivity index (χ3v) is 4.65. The molecule has 1 fully saturated rings. The second-order valence-electron chi connectivity index (χ2n) is 6.97. The minimum Gasteiger partial charge on any atom is -0.489 e. The lowest BCUT2D eigenvalue weighted by Gasteiger charge is -2.34. The van der Waals surface area contributed by atoms with E-state index < -0.39 is 0 Å². The number of amides is 1. The van der Waals surface area contributed by atoms with Gasteiger partial charge in [0.15, 0.2) is 5.96 Å². The molecule has 0 radical (unpaired) electrons. The third-order valence-electron chi connectivity index (χ3n) is 4.65. The van der Waals surface area contributed by atoms with Crippen LogP contribution < -0.4 is 15.4 Å². The van der Waals surface area contributed by atoms with Crippen molar-refractivity contribution in [2.45, 2.75) is 26.9 Å². The number of nitrogens with one attached hydrogen (secondary N) is 2. The topological polar surface area (TPSA) is 69.2 Å². The number of hydrogen-bond donors (Lipinski definition) is 2. The quantitative estimate of drug-likeness (QED) is 0.337. The number of carbonyl (C=O) groups excluding carboxylic acids is 1. The van der Waals surface area contributed by atoms with E-state index >= 15 is 0 Å². The minimum atomic E-state index is 0. The molecule has 1 aromatic carbocycles. The highest BCUT2D eigenvalue weighted by Gasteiger charge is 2.18. The largest absolute Gasteiger partial charge is 0.489 e. The van der Waals surface area contributed by atoms with Gasteiger partial charge in [-0.05, 0) is 31.5 Å².